The second kappa shape index (κ2) is 7.65. The number of H-pyrrole nitrogens is 1. The molecule has 0 fully saturated rings. The van der Waals surface area contributed by atoms with Crippen LogP contribution in [0.4, 0.5) is 8.78 Å². The first-order chi connectivity index (χ1) is 11.9. The first-order valence-corrected chi connectivity index (χ1v) is 9.35. The minimum Gasteiger partial charge on any atom is -0.395 e. The van der Waals surface area contributed by atoms with Crippen LogP contribution in [0.25, 0.3) is 0 Å². The van der Waals surface area contributed by atoms with Gasteiger partial charge in [0.2, 0.25) is 0 Å². The summed E-state index contributed by atoms with van der Waals surface area (Å²) in [5, 5.41) is 8.98. The number of nitrogens with zero attached hydrogens (tertiary/aromatic N) is 2. The number of likely N-dealkylation sites (N-methyl/N-ethyl adjacent to an activating group) is 1. The van der Waals surface area contributed by atoms with Crippen molar-refractivity contribution in [2.45, 2.75) is 25.3 Å². The van der Waals surface area contributed by atoms with Gasteiger partial charge in [0, 0.05) is 48.9 Å². The number of hydrogen-bond acceptors (Lipinski definition) is 3. The summed E-state index contributed by atoms with van der Waals surface area (Å²) < 4.78 is 31.5. The molecular formula is C17H20BrF2N3OS. The van der Waals surface area contributed by atoms with Crippen molar-refractivity contribution in [1.29, 1.82) is 0 Å². The molecule has 0 saturated heterocycles. The quantitative estimate of drug-likeness (QED) is 0.544. The van der Waals surface area contributed by atoms with Crippen molar-refractivity contribution < 1.29 is 13.9 Å². The molecule has 8 heteroatoms. The van der Waals surface area contributed by atoms with Crippen molar-refractivity contribution in [3.8, 4) is 0 Å². The van der Waals surface area contributed by atoms with E-state index in [9.17, 15) is 8.78 Å². The maximum Gasteiger partial charge on any atom is 0.177 e. The maximum atomic E-state index is 14.4. The van der Waals surface area contributed by atoms with Crippen molar-refractivity contribution in [3.63, 3.8) is 0 Å². The van der Waals surface area contributed by atoms with Crippen LogP contribution in [0, 0.1) is 16.4 Å². The Labute approximate surface area is 158 Å². The van der Waals surface area contributed by atoms with Crippen molar-refractivity contribution >= 4 is 28.1 Å². The van der Waals surface area contributed by atoms with Gasteiger partial charge in [0.05, 0.1) is 11.1 Å². The van der Waals surface area contributed by atoms with E-state index in [-0.39, 0.29) is 22.6 Å². The van der Waals surface area contributed by atoms with E-state index in [1.54, 1.807) is 0 Å². The van der Waals surface area contributed by atoms with Gasteiger partial charge >= 0.3 is 0 Å². The average molecular weight is 432 g/mol. The number of fused-ring (bicyclic) bond motifs is 1. The highest BCUT2D eigenvalue weighted by atomic mass is 79.9. The van der Waals surface area contributed by atoms with E-state index in [4.69, 9.17) is 17.3 Å². The van der Waals surface area contributed by atoms with Crippen LogP contribution in [0.3, 0.4) is 0 Å². The van der Waals surface area contributed by atoms with Crippen LogP contribution in [0.5, 0.6) is 0 Å². The SMILES string of the molecule is CN(CCO)CCc1[nH]c(=S)n2c1C[C@H](c1c(F)ccc(Br)c1F)C2. The molecule has 0 radical (unpaired) electrons. The van der Waals surface area contributed by atoms with Crippen LogP contribution in [-0.2, 0) is 19.4 Å². The lowest BCUT2D eigenvalue weighted by atomic mass is 9.95. The highest BCUT2D eigenvalue weighted by molar-refractivity contribution is 9.10. The Kier molecular flexibility index (Phi) is 5.72. The van der Waals surface area contributed by atoms with Gasteiger partial charge < -0.3 is 19.6 Å². The molecule has 1 aliphatic rings. The predicted octanol–water partition coefficient (Wildman–Crippen LogP) is 3.39. The van der Waals surface area contributed by atoms with Gasteiger partial charge in [-0.25, -0.2) is 8.78 Å². The van der Waals surface area contributed by atoms with Crippen molar-refractivity contribution in [1.82, 2.24) is 14.5 Å². The number of nitrogens with one attached hydrogen (secondary N) is 1. The lowest BCUT2D eigenvalue weighted by molar-refractivity contribution is 0.222. The lowest BCUT2D eigenvalue weighted by Crippen LogP contribution is -2.24. The Bertz CT molecular complexity index is 836. The van der Waals surface area contributed by atoms with Gasteiger partial charge in [-0.3, -0.25) is 0 Å². The van der Waals surface area contributed by atoms with E-state index in [0.717, 1.165) is 24.4 Å². The third-order valence-electron chi connectivity index (χ3n) is 4.73. The molecule has 0 spiro atoms. The molecule has 1 aromatic heterocycles. The summed E-state index contributed by atoms with van der Waals surface area (Å²) in [7, 11) is 1.94. The molecule has 25 heavy (non-hydrogen) atoms. The minimum absolute atomic E-state index is 0.115. The molecule has 1 aromatic carbocycles. The van der Waals surface area contributed by atoms with Crippen molar-refractivity contribution in [3.05, 3.63) is 50.0 Å². The standard InChI is InChI=1S/C17H20BrF2N3OS/c1-22(6-7-24)5-4-13-14-8-10(9-23(14)17(25)21-13)15-12(19)3-2-11(18)16(15)20/h2-3,10,24H,4-9H2,1H3,(H,21,25)/t10-/m0/s1. The van der Waals surface area contributed by atoms with Crippen LogP contribution < -0.4 is 0 Å². The van der Waals surface area contributed by atoms with Crippen LogP contribution in [0.2, 0.25) is 0 Å². The molecule has 0 bridgehead atoms. The summed E-state index contributed by atoms with van der Waals surface area (Å²) in [4.78, 5) is 5.25. The Hall–Kier alpha value is -1.09. The molecule has 0 saturated carbocycles. The number of halogens is 3. The summed E-state index contributed by atoms with van der Waals surface area (Å²) in [6, 6.07) is 2.68. The summed E-state index contributed by atoms with van der Waals surface area (Å²) in [5.74, 6) is -1.32. The van der Waals surface area contributed by atoms with Crippen LogP contribution in [0.1, 0.15) is 22.9 Å². The molecule has 1 atom stereocenters. The van der Waals surface area contributed by atoms with E-state index in [1.807, 2.05) is 16.5 Å². The zero-order valence-electron chi connectivity index (χ0n) is 13.9. The Morgan fingerprint density at radius 2 is 2.16 bits per heavy atom. The van der Waals surface area contributed by atoms with Gasteiger partial charge in [0.1, 0.15) is 11.6 Å². The zero-order chi connectivity index (χ0) is 18.1. The number of rotatable bonds is 6. The Morgan fingerprint density at radius 1 is 1.40 bits per heavy atom. The summed E-state index contributed by atoms with van der Waals surface area (Å²) >= 11 is 8.52. The highest BCUT2D eigenvalue weighted by Gasteiger charge is 2.31. The minimum atomic E-state index is -0.533. The molecule has 0 amide bonds. The molecule has 1 aliphatic heterocycles. The number of aliphatic hydroxyl groups is 1. The number of hydrogen-bond donors (Lipinski definition) is 2. The fourth-order valence-corrected chi connectivity index (χ4v) is 4.05. The molecule has 2 heterocycles. The summed E-state index contributed by atoms with van der Waals surface area (Å²) in [5.41, 5.74) is 2.15. The van der Waals surface area contributed by atoms with Gasteiger partial charge in [-0.2, -0.15) is 0 Å². The number of aliphatic hydroxyl groups excluding tert-OH is 1. The van der Waals surface area contributed by atoms with E-state index in [1.165, 1.54) is 12.1 Å². The first-order valence-electron chi connectivity index (χ1n) is 8.15. The second-order valence-electron chi connectivity index (χ2n) is 6.40. The Morgan fingerprint density at radius 3 is 2.88 bits per heavy atom. The number of aromatic amines is 1. The molecule has 0 aliphatic carbocycles. The lowest BCUT2D eigenvalue weighted by Gasteiger charge is -2.15. The van der Waals surface area contributed by atoms with Gasteiger partial charge in [0.15, 0.2) is 4.77 Å². The van der Waals surface area contributed by atoms with Gasteiger partial charge in [-0.15, -0.1) is 0 Å². The topological polar surface area (TPSA) is 44.2 Å². The fraction of sp³-hybridized carbons (Fsp3) is 0.471. The molecule has 136 valence electrons. The van der Waals surface area contributed by atoms with Crippen LogP contribution >= 0.6 is 28.1 Å². The normalized spacial score (nSPS) is 16.6. The first kappa shape index (κ1) is 18.7. The molecule has 0 unspecified atom stereocenters. The maximum absolute atomic E-state index is 14.4. The predicted molar refractivity (Wildman–Crippen MR) is 98.4 cm³/mol. The second-order valence-corrected chi connectivity index (χ2v) is 7.64. The molecule has 2 aromatic rings. The average Bonchev–Trinajstić information content (AvgIpc) is 3.11. The largest absolute Gasteiger partial charge is 0.395 e. The molecule has 4 nitrogen and oxygen atoms in total. The number of aromatic nitrogens is 2. The fourth-order valence-electron chi connectivity index (χ4n) is 3.40. The van der Waals surface area contributed by atoms with Gasteiger partial charge in [-0.1, -0.05) is 0 Å². The third-order valence-corrected chi connectivity index (χ3v) is 5.67. The van der Waals surface area contributed by atoms with Crippen molar-refractivity contribution in [2.75, 3.05) is 26.7 Å². The molecular weight excluding hydrogens is 412 g/mol. The van der Waals surface area contributed by atoms with E-state index >= 15 is 0 Å². The van der Waals surface area contributed by atoms with E-state index in [2.05, 4.69) is 20.9 Å². The van der Waals surface area contributed by atoms with Gasteiger partial charge in [0.25, 0.3) is 0 Å². The number of benzene rings is 1. The zero-order valence-corrected chi connectivity index (χ0v) is 16.3. The molecule has 3 rings (SSSR count). The van der Waals surface area contributed by atoms with Crippen LogP contribution in [-0.4, -0.2) is 46.3 Å². The third kappa shape index (κ3) is 3.72. The molecule has 2 N–H and O–H groups in total. The monoisotopic (exact) mass is 431 g/mol. The summed E-state index contributed by atoms with van der Waals surface area (Å²) in [6.45, 7) is 1.96. The van der Waals surface area contributed by atoms with E-state index in [0.29, 0.717) is 24.3 Å². The Balaban J connectivity index is 1.83. The highest BCUT2D eigenvalue weighted by Crippen LogP contribution is 2.36. The summed E-state index contributed by atoms with van der Waals surface area (Å²) in [6.07, 6.45) is 1.30. The number of imidazole rings is 1. The van der Waals surface area contributed by atoms with Gasteiger partial charge in [-0.05, 0) is 53.7 Å². The van der Waals surface area contributed by atoms with E-state index < -0.39 is 11.6 Å². The van der Waals surface area contributed by atoms with Crippen LogP contribution in [0.15, 0.2) is 16.6 Å². The van der Waals surface area contributed by atoms with Crippen molar-refractivity contribution in [2.24, 2.45) is 0 Å². The smallest absolute Gasteiger partial charge is 0.177 e.